The molecule has 0 radical (unpaired) electrons. The van der Waals surface area contributed by atoms with Crippen molar-refractivity contribution in [1.82, 2.24) is 4.57 Å². The first-order valence-corrected chi connectivity index (χ1v) is 9.86. The molecule has 178 valence electrons. The molecule has 1 saturated heterocycles. The van der Waals surface area contributed by atoms with E-state index in [-0.39, 0.29) is 0 Å². The number of carbonyl (C=O) groups excluding carboxylic acids is 4. The molecule has 0 spiro atoms. The van der Waals surface area contributed by atoms with Gasteiger partial charge < -0.3 is 28.3 Å². The van der Waals surface area contributed by atoms with Crippen LogP contribution in [-0.4, -0.2) is 59.5 Å². The molecule has 2 heterocycles. The predicted molar refractivity (Wildman–Crippen MR) is 114 cm³/mol. The van der Waals surface area contributed by atoms with Crippen molar-refractivity contribution >= 4 is 34.8 Å². The number of esters is 4. The van der Waals surface area contributed by atoms with Crippen molar-refractivity contribution in [3.8, 4) is 0 Å². The number of aromatic nitrogens is 1. The van der Waals surface area contributed by atoms with Crippen LogP contribution in [0.4, 0.5) is 0 Å². The number of nitrogens with zero attached hydrogens (tertiary/aromatic N) is 1. The molecule has 1 aliphatic heterocycles. The van der Waals surface area contributed by atoms with Crippen LogP contribution in [0, 0.1) is 6.92 Å². The maximum Gasteiger partial charge on any atom is 0.303 e. The van der Waals surface area contributed by atoms with Crippen LogP contribution in [0.3, 0.4) is 0 Å². The zero-order chi connectivity index (χ0) is 27.1. The lowest BCUT2D eigenvalue weighted by molar-refractivity contribution is -0.267. The number of hydrogen-bond acceptors (Lipinski definition) is 9. The van der Waals surface area contributed by atoms with Crippen molar-refractivity contribution in [2.24, 2.45) is 0 Å². The average molecular weight is 465 g/mol. The highest BCUT2D eigenvalue weighted by molar-refractivity contribution is 5.83. The Labute approximate surface area is 196 Å². The maximum atomic E-state index is 12.3. The van der Waals surface area contributed by atoms with E-state index in [9.17, 15) is 19.2 Å². The Morgan fingerprint density at radius 1 is 0.909 bits per heavy atom. The third-order valence-electron chi connectivity index (χ3n) is 5.08. The largest absolute Gasteiger partial charge is 0.463 e. The number of carbonyl (C=O) groups is 4. The lowest BCUT2D eigenvalue weighted by Crippen LogP contribution is -2.60. The molecule has 1 aromatic carbocycles. The Hall–Kier alpha value is -3.40. The van der Waals surface area contributed by atoms with Gasteiger partial charge in [-0.05, 0) is 24.6 Å². The molecular formula is C23H27NO9. The number of ether oxygens (including phenoxy) is 5. The Morgan fingerprint density at radius 2 is 1.55 bits per heavy atom. The lowest BCUT2D eigenvalue weighted by Gasteiger charge is -2.44. The van der Waals surface area contributed by atoms with E-state index < -0.39 is 88.7 Å². The van der Waals surface area contributed by atoms with Crippen LogP contribution in [0.2, 0.25) is 0 Å². The summed E-state index contributed by atoms with van der Waals surface area (Å²) in [5, 5.41) is 0.844. The van der Waals surface area contributed by atoms with Crippen molar-refractivity contribution < 1.29 is 48.3 Å². The second kappa shape index (κ2) is 10.0. The van der Waals surface area contributed by atoms with Gasteiger partial charge in [-0.25, -0.2) is 0 Å². The summed E-state index contributed by atoms with van der Waals surface area (Å²) < 4.78 is 58.3. The first-order chi connectivity index (χ1) is 17.7. The maximum absolute atomic E-state index is 12.3. The second-order valence-corrected chi connectivity index (χ2v) is 7.34. The number of benzene rings is 1. The van der Waals surface area contributed by atoms with Gasteiger partial charge in [0.25, 0.3) is 0 Å². The minimum atomic E-state index is -1.54. The summed E-state index contributed by atoms with van der Waals surface area (Å²) in [4.78, 5) is 48.3. The molecule has 3 rings (SSSR count). The fraction of sp³-hybridized carbons (Fsp3) is 0.478. The molecule has 0 N–H and O–H groups in total. The van der Waals surface area contributed by atoms with Crippen LogP contribution in [0.5, 0.6) is 0 Å². The monoisotopic (exact) mass is 465 g/mol. The van der Waals surface area contributed by atoms with Gasteiger partial charge in [-0.2, -0.15) is 0 Å². The quantitative estimate of drug-likeness (QED) is 0.467. The van der Waals surface area contributed by atoms with Crippen LogP contribution in [0.25, 0.3) is 10.9 Å². The Kier molecular flexibility index (Phi) is 5.81. The average Bonchev–Trinajstić information content (AvgIpc) is 3.34. The topological polar surface area (TPSA) is 119 Å². The van der Waals surface area contributed by atoms with Crippen LogP contribution < -0.4 is 0 Å². The van der Waals surface area contributed by atoms with Crippen LogP contribution in [0.15, 0.2) is 30.5 Å². The van der Waals surface area contributed by atoms with E-state index in [2.05, 4.69) is 0 Å². The summed E-state index contributed by atoms with van der Waals surface area (Å²) >= 11 is 0. The third kappa shape index (κ3) is 5.51. The SMILES string of the molecule is [2H]CC(=O)OC[C@H]1OC(n2ccc3c(C)cccc32)[C@H](OC(=O)C[2H])[C@@H](OC(=O)C[2H])[C@@H]1OC(=O)C[2H]. The summed E-state index contributed by atoms with van der Waals surface area (Å²) in [6.45, 7) is -1.67. The van der Waals surface area contributed by atoms with Crippen LogP contribution in [0.1, 0.15) is 44.9 Å². The molecule has 33 heavy (non-hydrogen) atoms. The third-order valence-corrected chi connectivity index (χ3v) is 5.08. The zero-order valence-electron chi connectivity index (χ0n) is 21.9. The summed E-state index contributed by atoms with van der Waals surface area (Å²) in [7, 11) is 0. The highest BCUT2D eigenvalue weighted by atomic mass is 16.7. The fourth-order valence-electron chi connectivity index (χ4n) is 3.85. The Morgan fingerprint density at radius 3 is 2.21 bits per heavy atom. The van der Waals surface area contributed by atoms with E-state index in [0.717, 1.165) is 10.9 Å². The molecule has 1 unspecified atom stereocenters. The minimum Gasteiger partial charge on any atom is -0.463 e. The van der Waals surface area contributed by atoms with E-state index >= 15 is 0 Å². The van der Waals surface area contributed by atoms with Crippen LogP contribution in [-0.2, 0) is 42.9 Å². The number of aryl methyl sites for hydroxylation is 1. The zero-order valence-corrected chi connectivity index (χ0v) is 17.9. The fourth-order valence-corrected chi connectivity index (χ4v) is 3.85. The standard InChI is InChI=1S/C23H27NO9/c1-12-7-6-8-18-17(12)9-10-24(18)23-22(32-16(5)28)21(31-15(4)27)20(30-14(3)26)19(33-23)11-29-13(2)25/h6-10,19-23H,11H2,1-5H3/t19-,20-,21+,22-,23?/m1/s1/i2D,3D,4D,5D. The van der Waals surface area contributed by atoms with Gasteiger partial charge in [0.1, 0.15) is 12.7 Å². The van der Waals surface area contributed by atoms with Crippen molar-refractivity contribution in [2.45, 2.75) is 65.2 Å². The molecule has 0 bridgehead atoms. The molecule has 1 aliphatic rings. The van der Waals surface area contributed by atoms with Gasteiger partial charge in [0.2, 0.25) is 0 Å². The summed E-state index contributed by atoms with van der Waals surface area (Å²) in [6.07, 6.45) is -5.32. The van der Waals surface area contributed by atoms with Gasteiger partial charge in [-0.3, -0.25) is 19.2 Å². The smallest absolute Gasteiger partial charge is 0.303 e. The number of fused-ring (bicyclic) bond motifs is 1. The number of hydrogen-bond donors (Lipinski definition) is 0. The first-order valence-electron chi connectivity index (χ1n) is 12.7. The van der Waals surface area contributed by atoms with Crippen molar-refractivity contribution in [3.63, 3.8) is 0 Å². The normalized spacial score (nSPS) is 26.3. The minimum absolute atomic E-state index is 0.517. The van der Waals surface area contributed by atoms with E-state index in [1.165, 1.54) is 0 Å². The van der Waals surface area contributed by atoms with Gasteiger partial charge in [-0.15, -0.1) is 0 Å². The highest BCUT2D eigenvalue weighted by Gasteiger charge is 2.53. The predicted octanol–water partition coefficient (Wildman–Crippen LogP) is 2.21. The Balaban J connectivity index is 2.14. The Bertz CT molecular complexity index is 1140. The van der Waals surface area contributed by atoms with Gasteiger partial charge in [-0.1, -0.05) is 12.1 Å². The van der Waals surface area contributed by atoms with Crippen molar-refractivity contribution in [1.29, 1.82) is 0 Å². The first kappa shape index (κ1) is 19.1. The van der Waals surface area contributed by atoms with E-state index in [4.69, 9.17) is 29.2 Å². The highest BCUT2D eigenvalue weighted by Crippen LogP contribution is 2.37. The number of rotatable bonds is 6. The molecular weight excluding hydrogens is 434 g/mol. The summed E-state index contributed by atoms with van der Waals surface area (Å²) in [5.41, 5.74) is 1.60. The molecule has 0 saturated carbocycles. The van der Waals surface area contributed by atoms with Crippen molar-refractivity contribution in [3.05, 3.63) is 36.0 Å². The molecule has 0 aliphatic carbocycles. The van der Waals surface area contributed by atoms with Gasteiger partial charge in [0, 0.05) is 44.7 Å². The van der Waals surface area contributed by atoms with Crippen LogP contribution >= 0.6 is 0 Å². The van der Waals surface area contributed by atoms with E-state index in [0.29, 0.717) is 5.52 Å². The molecule has 10 nitrogen and oxygen atoms in total. The summed E-state index contributed by atoms with van der Waals surface area (Å²) in [5.74, 6) is -3.93. The van der Waals surface area contributed by atoms with Gasteiger partial charge in [0.15, 0.2) is 24.5 Å². The van der Waals surface area contributed by atoms with E-state index in [1.54, 1.807) is 29.0 Å². The molecule has 10 heteroatoms. The van der Waals surface area contributed by atoms with Crippen molar-refractivity contribution in [2.75, 3.05) is 6.61 Å². The van der Waals surface area contributed by atoms with Gasteiger partial charge >= 0.3 is 23.9 Å². The second-order valence-electron chi connectivity index (χ2n) is 7.34. The molecule has 1 aromatic heterocycles. The molecule has 1 fully saturated rings. The summed E-state index contributed by atoms with van der Waals surface area (Å²) in [6, 6.07) is 7.26. The molecule has 5 atom stereocenters. The molecule has 0 amide bonds. The van der Waals surface area contributed by atoms with Gasteiger partial charge in [0.05, 0.1) is 5.52 Å². The van der Waals surface area contributed by atoms with E-state index in [1.807, 2.05) is 13.0 Å². The lowest BCUT2D eigenvalue weighted by atomic mass is 9.97. The molecule has 2 aromatic rings.